The summed E-state index contributed by atoms with van der Waals surface area (Å²) >= 11 is 2.14. The van der Waals surface area contributed by atoms with Crippen molar-refractivity contribution in [1.82, 2.24) is 9.78 Å². The minimum absolute atomic E-state index is 0.102. The molecule has 0 saturated heterocycles. The van der Waals surface area contributed by atoms with Crippen molar-refractivity contribution in [2.45, 2.75) is 19.4 Å². The molecule has 0 atom stereocenters. The maximum Gasteiger partial charge on any atom is 0.123 e. The molecule has 0 aliphatic heterocycles. The summed E-state index contributed by atoms with van der Waals surface area (Å²) in [5.41, 5.74) is -0.288. The third kappa shape index (κ3) is 1.93. The summed E-state index contributed by atoms with van der Waals surface area (Å²) in [4.78, 5) is 0. The molecule has 0 aliphatic rings. The van der Waals surface area contributed by atoms with Gasteiger partial charge < -0.3 is 5.11 Å². The molecule has 1 rings (SSSR count). The average molecular weight is 266 g/mol. The van der Waals surface area contributed by atoms with Crippen LogP contribution >= 0.6 is 22.6 Å². The highest BCUT2D eigenvalue weighted by Gasteiger charge is 2.19. The first-order chi connectivity index (χ1) is 5.06. The summed E-state index contributed by atoms with van der Waals surface area (Å²) < 4.78 is 2.72. The Morgan fingerprint density at radius 1 is 1.73 bits per heavy atom. The van der Waals surface area contributed by atoms with Gasteiger partial charge in [0, 0.05) is 6.20 Å². The van der Waals surface area contributed by atoms with Gasteiger partial charge in [-0.05, 0) is 42.5 Å². The molecule has 3 nitrogen and oxygen atoms in total. The van der Waals surface area contributed by atoms with Crippen molar-refractivity contribution >= 4 is 22.6 Å². The molecule has 1 aromatic heterocycles. The van der Waals surface area contributed by atoms with Crippen LogP contribution in [0.5, 0.6) is 0 Å². The van der Waals surface area contributed by atoms with Gasteiger partial charge in [-0.1, -0.05) is 0 Å². The van der Waals surface area contributed by atoms with Gasteiger partial charge in [0.25, 0.3) is 0 Å². The van der Waals surface area contributed by atoms with E-state index < -0.39 is 0 Å². The van der Waals surface area contributed by atoms with E-state index >= 15 is 0 Å². The number of nitrogens with zero attached hydrogens (tertiary/aromatic N) is 2. The molecule has 0 unspecified atom stereocenters. The van der Waals surface area contributed by atoms with E-state index in [-0.39, 0.29) is 12.1 Å². The van der Waals surface area contributed by atoms with E-state index in [0.29, 0.717) is 0 Å². The molecule has 1 heterocycles. The van der Waals surface area contributed by atoms with Crippen LogP contribution in [0.25, 0.3) is 0 Å². The summed E-state index contributed by atoms with van der Waals surface area (Å²) in [6.07, 6.45) is 1.87. The SMILES string of the molecule is CC(C)(CO)n1ccc(I)n1. The van der Waals surface area contributed by atoms with E-state index in [2.05, 4.69) is 27.7 Å². The minimum atomic E-state index is -0.288. The van der Waals surface area contributed by atoms with E-state index in [0.717, 1.165) is 3.70 Å². The Hall–Kier alpha value is -0.100. The molecule has 0 fully saturated rings. The van der Waals surface area contributed by atoms with Crippen molar-refractivity contribution in [2.75, 3.05) is 6.61 Å². The first-order valence-corrected chi connectivity index (χ1v) is 4.46. The van der Waals surface area contributed by atoms with E-state index in [9.17, 15) is 0 Å². The smallest absolute Gasteiger partial charge is 0.123 e. The van der Waals surface area contributed by atoms with Crippen LogP contribution in [0.3, 0.4) is 0 Å². The van der Waals surface area contributed by atoms with Crippen LogP contribution in [0.1, 0.15) is 13.8 Å². The van der Waals surface area contributed by atoms with Crippen molar-refractivity contribution in [2.24, 2.45) is 0 Å². The highest BCUT2D eigenvalue weighted by atomic mass is 127. The van der Waals surface area contributed by atoms with Crippen molar-refractivity contribution in [3.63, 3.8) is 0 Å². The lowest BCUT2D eigenvalue weighted by Gasteiger charge is -2.21. The van der Waals surface area contributed by atoms with Gasteiger partial charge in [0.1, 0.15) is 3.70 Å². The van der Waals surface area contributed by atoms with E-state index in [4.69, 9.17) is 5.11 Å². The molecule has 1 aromatic rings. The molecule has 0 radical (unpaired) electrons. The van der Waals surface area contributed by atoms with Crippen molar-refractivity contribution in [1.29, 1.82) is 0 Å². The van der Waals surface area contributed by atoms with Gasteiger partial charge in [-0.15, -0.1) is 0 Å². The lowest BCUT2D eigenvalue weighted by Crippen LogP contribution is -2.30. The largest absolute Gasteiger partial charge is 0.394 e. The Labute approximate surface area is 79.6 Å². The number of aliphatic hydroxyl groups is 1. The normalized spacial score (nSPS) is 12.0. The predicted octanol–water partition coefficient (Wildman–Crippen LogP) is 1.22. The Morgan fingerprint density at radius 2 is 2.36 bits per heavy atom. The van der Waals surface area contributed by atoms with Crippen LogP contribution in [-0.2, 0) is 5.54 Å². The second-order valence-electron chi connectivity index (χ2n) is 3.05. The molecule has 62 valence electrons. The van der Waals surface area contributed by atoms with Crippen LogP contribution in [0, 0.1) is 3.70 Å². The fraction of sp³-hybridized carbons (Fsp3) is 0.571. The molecule has 0 spiro atoms. The topological polar surface area (TPSA) is 38.0 Å². The van der Waals surface area contributed by atoms with Gasteiger partial charge in [-0.2, -0.15) is 5.10 Å². The Balaban J connectivity index is 2.92. The zero-order chi connectivity index (χ0) is 8.48. The van der Waals surface area contributed by atoms with Gasteiger partial charge in [0.2, 0.25) is 0 Å². The number of rotatable bonds is 2. The van der Waals surface area contributed by atoms with Crippen LogP contribution in [0.15, 0.2) is 12.3 Å². The van der Waals surface area contributed by atoms with E-state index in [1.54, 1.807) is 4.68 Å². The van der Waals surface area contributed by atoms with E-state index in [1.165, 1.54) is 0 Å². The van der Waals surface area contributed by atoms with Gasteiger partial charge >= 0.3 is 0 Å². The molecule has 0 bridgehead atoms. The summed E-state index contributed by atoms with van der Waals surface area (Å²) in [6.45, 7) is 3.98. The van der Waals surface area contributed by atoms with Crippen molar-refractivity contribution < 1.29 is 5.11 Å². The Morgan fingerprint density at radius 3 is 2.73 bits per heavy atom. The molecular formula is C7H11IN2O. The standard InChI is InChI=1S/C7H11IN2O/c1-7(2,5-11)10-4-3-6(8)9-10/h3-4,11H,5H2,1-2H3. The maximum atomic E-state index is 8.99. The van der Waals surface area contributed by atoms with Crippen LogP contribution in [-0.4, -0.2) is 21.5 Å². The van der Waals surface area contributed by atoms with Crippen LogP contribution in [0.4, 0.5) is 0 Å². The number of aromatic nitrogens is 2. The number of halogens is 1. The highest BCUT2D eigenvalue weighted by molar-refractivity contribution is 14.1. The minimum Gasteiger partial charge on any atom is -0.394 e. The fourth-order valence-corrected chi connectivity index (χ4v) is 1.10. The molecule has 0 aromatic carbocycles. The highest BCUT2D eigenvalue weighted by Crippen LogP contribution is 2.13. The first kappa shape index (κ1) is 8.99. The maximum absolute atomic E-state index is 8.99. The molecule has 0 aliphatic carbocycles. The number of hydrogen-bond acceptors (Lipinski definition) is 2. The first-order valence-electron chi connectivity index (χ1n) is 3.39. The number of aliphatic hydroxyl groups excluding tert-OH is 1. The van der Waals surface area contributed by atoms with Gasteiger partial charge in [-0.3, -0.25) is 4.68 Å². The second-order valence-corrected chi connectivity index (χ2v) is 4.16. The number of hydrogen-bond donors (Lipinski definition) is 1. The zero-order valence-electron chi connectivity index (χ0n) is 6.58. The second kappa shape index (κ2) is 3.10. The summed E-state index contributed by atoms with van der Waals surface area (Å²) in [5.74, 6) is 0. The van der Waals surface area contributed by atoms with Gasteiger partial charge in [0.15, 0.2) is 0 Å². The molecule has 1 N–H and O–H groups in total. The van der Waals surface area contributed by atoms with Crippen molar-refractivity contribution in [3.8, 4) is 0 Å². The lowest BCUT2D eigenvalue weighted by atomic mass is 10.1. The van der Waals surface area contributed by atoms with E-state index in [1.807, 2.05) is 26.1 Å². The fourth-order valence-electron chi connectivity index (χ4n) is 0.711. The Kier molecular flexibility index (Phi) is 2.54. The lowest BCUT2D eigenvalue weighted by molar-refractivity contribution is 0.152. The molecular weight excluding hydrogens is 255 g/mol. The zero-order valence-corrected chi connectivity index (χ0v) is 8.74. The monoisotopic (exact) mass is 266 g/mol. The third-order valence-electron chi connectivity index (χ3n) is 1.56. The predicted molar refractivity (Wildman–Crippen MR) is 51.4 cm³/mol. The summed E-state index contributed by atoms with van der Waals surface area (Å²) in [7, 11) is 0. The van der Waals surface area contributed by atoms with Crippen molar-refractivity contribution in [3.05, 3.63) is 16.0 Å². The van der Waals surface area contributed by atoms with Crippen LogP contribution < -0.4 is 0 Å². The molecule has 11 heavy (non-hydrogen) atoms. The molecule has 4 heteroatoms. The third-order valence-corrected chi connectivity index (χ3v) is 2.14. The van der Waals surface area contributed by atoms with Gasteiger partial charge in [0.05, 0.1) is 12.1 Å². The molecule has 0 amide bonds. The average Bonchev–Trinajstić information content (AvgIpc) is 2.36. The Bertz CT molecular complexity index is 244. The van der Waals surface area contributed by atoms with Crippen LogP contribution in [0.2, 0.25) is 0 Å². The summed E-state index contributed by atoms with van der Waals surface area (Å²) in [6, 6.07) is 1.91. The van der Waals surface area contributed by atoms with Gasteiger partial charge in [-0.25, -0.2) is 0 Å². The quantitative estimate of drug-likeness (QED) is 0.817. The molecule has 0 saturated carbocycles. The summed E-state index contributed by atoms with van der Waals surface area (Å²) in [5, 5.41) is 13.2.